The Balaban J connectivity index is 2.03. The summed E-state index contributed by atoms with van der Waals surface area (Å²) in [6.07, 6.45) is 1.87. The van der Waals surface area contributed by atoms with Crippen LogP contribution in [0.2, 0.25) is 5.02 Å². The van der Waals surface area contributed by atoms with Crippen LogP contribution in [0.15, 0.2) is 18.2 Å². The van der Waals surface area contributed by atoms with Gasteiger partial charge >= 0.3 is 0 Å². The second kappa shape index (κ2) is 6.02. The van der Waals surface area contributed by atoms with Gasteiger partial charge in [0, 0.05) is 24.0 Å². The minimum atomic E-state index is -0.0393. The summed E-state index contributed by atoms with van der Waals surface area (Å²) in [7, 11) is 0. The van der Waals surface area contributed by atoms with Crippen molar-refractivity contribution < 1.29 is 9.90 Å². The third-order valence-corrected chi connectivity index (χ3v) is 4.33. The Kier molecular flexibility index (Phi) is 4.58. The number of likely N-dealkylation sites (tertiary alicyclic amines) is 1. The molecule has 1 aromatic rings. The summed E-state index contributed by atoms with van der Waals surface area (Å²) < 4.78 is 0. The molecular formula is C14H17Cl2NO2. The number of phenols is 1. The minimum absolute atomic E-state index is 0.00658. The Morgan fingerprint density at radius 2 is 2.05 bits per heavy atom. The first-order chi connectivity index (χ1) is 8.99. The molecule has 1 aromatic carbocycles. The summed E-state index contributed by atoms with van der Waals surface area (Å²) in [5, 5.41) is 9.72. The average Bonchev–Trinajstić information content (AvgIpc) is 2.41. The Hall–Kier alpha value is -0.930. The number of alkyl halides is 1. The first kappa shape index (κ1) is 14.5. The lowest BCUT2D eigenvalue weighted by Gasteiger charge is -2.33. The van der Waals surface area contributed by atoms with Crippen molar-refractivity contribution in [2.45, 2.75) is 25.1 Å². The van der Waals surface area contributed by atoms with Crippen molar-refractivity contribution in [1.82, 2.24) is 4.90 Å². The van der Waals surface area contributed by atoms with E-state index in [1.807, 2.05) is 11.8 Å². The van der Waals surface area contributed by atoms with E-state index in [-0.39, 0.29) is 22.1 Å². The number of carbonyl (C=O) groups is 1. The van der Waals surface area contributed by atoms with E-state index in [4.69, 9.17) is 23.2 Å². The normalized spacial score (nSPS) is 18.4. The van der Waals surface area contributed by atoms with Crippen LogP contribution in [0.25, 0.3) is 0 Å². The Morgan fingerprint density at radius 3 is 2.58 bits per heavy atom. The number of aromatic hydroxyl groups is 1. The van der Waals surface area contributed by atoms with Crippen molar-refractivity contribution in [2.24, 2.45) is 5.92 Å². The monoisotopic (exact) mass is 301 g/mol. The van der Waals surface area contributed by atoms with E-state index in [1.165, 1.54) is 12.1 Å². The maximum Gasteiger partial charge on any atom is 0.253 e. The van der Waals surface area contributed by atoms with Crippen LogP contribution in [-0.2, 0) is 0 Å². The predicted molar refractivity (Wildman–Crippen MR) is 77.1 cm³/mol. The molecule has 1 aliphatic heterocycles. The molecule has 19 heavy (non-hydrogen) atoms. The standard InChI is InChI=1S/C14H17Cl2NO2/c1-9(15)10-4-6-17(7-5-10)14(19)11-2-3-13(18)12(16)8-11/h2-3,8-10,18H,4-7H2,1H3. The lowest BCUT2D eigenvalue weighted by atomic mass is 9.93. The minimum Gasteiger partial charge on any atom is -0.506 e. The van der Waals surface area contributed by atoms with Gasteiger partial charge < -0.3 is 10.0 Å². The number of benzene rings is 1. The number of hydrogen-bond donors (Lipinski definition) is 1. The fourth-order valence-electron chi connectivity index (χ4n) is 2.38. The number of nitrogens with zero attached hydrogens (tertiary/aromatic N) is 1. The highest BCUT2D eigenvalue weighted by atomic mass is 35.5. The molecule has 5 heteroatoms. The molecule has 0 aliphatic carbocycles. The molecule has 1 unspecified atom stereocenters. The van der Waals surface area contributed by atoms with Gasteiger partial charge in [0.15, 0.2) is 0 Å². The summed E-state index contributed by atoms with van der Waals surface area (Å²) in [6.45, 7) is 3.45. The van der Waals surface area contributed by atoms with E-state index in [9.17, 15) is 9.90 Å². The van der Waals surface area contributed by atoms with E-state index < -0.39 is 0 Å². The molecule has 0 spiro atoms. The molecule has 1 aliphatic rings. The number of amides is 1. The summed E-state index contributed by atoms with van der Waals surface area (Å²) in [6, 6.07) is 4.55. The van der Waals surface area contributed by atoms with E-state index in [0.717, 1.165) is 25.9 Å². The summed E-state index contributed by atoms with van der Waals surface area (Å²) in [5.41, 5.74) is 0.514. The summed E-state index contributed by atoms with van der Waals surface area (Å²) >= 11 is 11.9. The first-order valence-electron chi connectivity index (χ1n) is 6.41. The molecule has 0 bridgehead atoms. The largest absolute Gasteiger partial charge is 0.506 e. The van der Waals surface area contributed by atoms with Crippen LogP contribution >= 0.6 is 23.2 Å². The number of carbonyl (C=O) groups excluding carboxylic acids is 1. The van der Waals surface area contributed by atoms with Crippen molar-refractivity contribution >= 4 is 29.1 Å². The van der Waals surface area contributed by atoms with Gasteiger partial charge in [0.05, 0.1) is 5.02 Å². The molecule has 1 saturated heterocycles. The third-order valence-electron chi connectivity index (χ3n) is 3.67. The molecule has 1 atom stereocenters. The molecule has 1 amide bonds. The van der Waals surface area contributed by atoms with Crippen molar-refractivity contribution in [3.63, 3.8) is 0 Å². The van der Waals surface area contributed by atoms with Gasteiger partial charge in [0.2, 0.25) is 0 Å². The van der Waals surface area contributed by atoms with Gasteiger partial charge in [-0.2, -0.15) is 0 Å². The van der Waals surface area contributed by atoms with E-state index >= 15 is 0 Å². The second-order valence-corrected chi connectivity index (χ2v) is 6.07. The fourth-order valence-corrected chi connectivity index (χ4v) is 2.82. The van der Waals surface area contributed by atoms with Gasteiger partial charge in [-0.1, -0.05) is 11.6 Å². The molecule has 104 valence electrons. The van der Waals surface area contributed by atoms with Gasteiger partial charge in [-0.15, -0.1) is 11.6 Å². The molecule has 1 heterocycles. The zero-order chi connectivity index (χ0) is 14.0. The van der Waals surface area contributed by atoms with Crippen molar-refractivity contribution in [2.75, 3.05) is 13.1 Å². The summed E-state index contributed by atoms with van der Waals surface area (Å²) in [5.74, 6) is 0.435. The molecule has 0 aromatic heterocycles. The SMILES string of the molecule is CC(Cl)C1CCN(C(=O)c2ccc(O)c(Cl)c2)CC1. The lowest BCUT2D eigenvalue weighted by Crippen LogP contribution is -2.40. The Labute approximate surface area is 123 Å². The van der Waals surface area contributed by atoms with Crippen LogP contribution in [0, 0.1) is 5.92 Å². The number of rotatable bonds is 2. The highest BCUT2D eigenvalue weighted by Crippen LogP contribution is 2.27. The van der Waals surface area contributed by atoms with Crippen LogP contribution in [0.3, 0.4) is 0 Å². The lowest BCUT2D eigenvalue weighted by molar-refractivity contribution is 0.0690. The van der Waals surface area contributed by atoms with Gasteiger partial charge in [-0.3, -0.25) is 4.79 Å². The van der Waals surface area contributed by atoms with Crippen molar-refractivity contribution in [3.8, 4) is 5.75 Å². The zero-order valence-electron chi connectivity index (χ0n) is 10.8. The number of halogens is 2. The van der Waals surface area contributed by atoms with Gasteiger partial charge in [0.25, 0.3) is 5.91 Å². The van der Waals surface area contributed by atoms with Crippen LogP contribution in [0.1, 0.15) is 30.1 Å². The highest BCUT2D eigenvalue weighted by molar-refractivity contribution is 6.32. The van der Waals surface area contributed by atoms with Crippen molar-refractivity contribution in [3.05, 3.63) is 28.8 Å². The maximum atomic E-state index is 12.3. The highest BCUT2D eigenvalue weighted by Gasteiger charge is 2.26. The van der Waals surface area contributed by atoms with E-state index in [1.54, 1.807) is 6.07 Å². The number of phenolic OH excluding ortho intramolecular Hbond substituents is 1. The van der Waals surface area contributed by atoms with Crippen LogP contribution in [0.5, 0.6) is 5.75 Å². The van der Waals surface area contributed by atoms with E-state index in [2.05, 4.69) is 0 Å². The zero-order valence-corrected chi connectivity index (χ0v) is 12.3. The summed E-state index contributed by atoms with van der Waals surface area (Å²) in [4.78, 5) is 14.1. The number of piperidine rings is 1. The first-order valence-corrected chi connectivity index (χ1v) is 7.22. The Bertz CT molecular complexity index is 469. The predicted octanol–water partition coefficient (Wildman–Crippen LogP) is 3.53. The topological polar surface area (TPSA) is 40.5 Å². The molecule has 1 fully saturated rings. The Morgan fingerprint density at radius 1 is 1.42 bits per heavy atom. The molecule has 0 radical (unpaired) electrons. The molecule has 1 N–H and O–H groups in total. The van der Waals surface area contributed by atoms with Crippen LogP contribution < -0.4 is 0 Å². The van der Waals surface area contributed by atoms with Crippen LogP contribution in [0.4, 0.5) is 0 Å². The molecule has 3 nitrogen and oxygen atoms in total. The average molecular weight is 302 g/mol. The van der Waals surface area contributed by atoms with Crippen LogP contribution in [-0.4, -0.2) is 34.4 Å². The third kappa shape index (κ3) is 3.34. The van der Waals surface area contributed by atoms with E-state index in [0.29, 0.717) is 11.5 Å². The van der Waals surface area contributed by atoms with Gasteiger partial charge in [-0.05, 0) is 43.9 Å². The smallest absolute Gasteiger partial charge is 0.253 e. The quantitative estimate of drug-likeness (QED) is 0.849. The van der Waals surface area contributed by atoms with Gasteiger partial charge in [-0.25, -0.2) is 0 Å². The number of hydrogen-bond acceptors (Lipinski definition) is 2. The second-order valence-electron chi connectivity index (χ2n) is 4.97. The van der Waals surface area contributed by atoms with Crippen molar-refractivity contribution in [1.29, 1.82) is 0 Å². The molecular weight excluding hydrogens is 285 g/mol. The maximum absolute atomic E-state index is 12.3. The molecule has 2 rings (SSSR count). The molecule has 0 saturated carbocycles. The fraction of sp³-hybridized carbons (Fsp3) is 0.500. The van der Waals surface area contributed by atoms with Gasteiger partial charge in [0.1, 0.15) is 5.75 Å².